The van der Waals surface area contributed by atoms with Crippen molar-refractivity contribution in [1.82, 2.24) is 0 Å². The molecule has 2 unspecified atom stereocenters. The van der Waals surface area contributed by atoms with Crippen LogP contribution in [0.15, 0.2) is 24.3 Å². The van der Waals surface area contributed by atoms with Crippen LogP contribution >= 0.6 is 0 Å². The summed E-state index contributed by atoms with van der Waals surface area (Å²) >= 11 is 0. The van der Waals surface area contributed by atoms with Gasteiger partial charge >= 0.3 is 0 Å². The van der Waals surface area contributed by atoms with Crippen molar-refractivity contribution >= 4 is 5.69 Å². The minimum atomic E-state index is 0.495. The van der Waals surface area contributed by atoms with Crippen molar-refractivity contribution in [3.63, 3.8) is 0 Å². The van der Waals surface area contributed by atoms with Crippen molar-refractivity contribution < 1.29 is 4.74 Å². The number of anilines is 1. The first kappa shape index (κ1) is 12.4. The second-order valence-corrected chi connectivity index (χ2v) is 5.00. The summed E-state index contributed by atoms with van der Waals surface area (Å²) in [6.45, 7) is 6.29. The van der Waals surface area contributed by atoms with E-state index in [0.29, 0.717) is 12.0 Å². The van der Waals surface area contributed by atoms with Crippen molar-refractivity contribution in [1.29, 1.82) is 0 Å². The molecule has 1 aliphatic rings. The van der Waals surface area contributed by atoms with E-state index in [1.165, 1.54) is 30.5 Å². The van der Waals surface area contributed by atoms with Crippen LogP contribution in [0.3, 0.4) is 0 Å². The summed E-state index contributed by atoms with van der Waals surface area (Å²) in [5, 5.41) is 3.57. The number of ether oxygens (including phenoxy) is 1. The molecule has 1 aromatic rings. The molecule has 0 aliphatic carbocycles. The van der Waals surface area contributed by atoms with Gasteiger partial charge in [0.15, 0.2) is 0 Å². The van der Waals surface area contributed by atoms with Gasteiger partial charge in [0.2, 0.25) is 0 Å². The molecule has 2 nitrogen and oxygen atoms in total. The van der Waals surface area contributed by atoms with Crippen molar-refractivity contribution in [2.75, 3.05) is 18.5 Å². The van der Waals surface area contributed by atoms with Crippen molar-refractivity contribution in [3.8, 4) is 0 Å². The Balaban J connectivity index is 1.89. The van der Waals surface area contributed by atoms with E-state index in [4.69, 9.17) is 4.74 Å². The molecule has 1 aliphatic heterocycles. The second kappa shape index (κ2) is 6.06. The molecule has 94 valence electrons. The average Bonchev–Trinajstić information content (AvgIpc) is 2.86. The fraction of sp³-hybridized carbons (Fsp3) is 0.600. The van der Waals surface area contributed by atoms with Crippen LogP contribution in [0.5, 0.6) is 0 Å². The molecule has 1 fully saturated rings. The summed E-state index contributed by atoms with van der Waals surface area (Å²) in [7, 11) is 0. The summed E-state index contributed by atoms with van der Waals surface area (Å²) < 4.78 is 5.43. The Bertz CT molecular complexity index is 327. The number of hydrogen-bond acceptors (Lipinski definition) is 2. The first-order valence-corrected chi connectivity index (χ1v) is 6.73. The van der Waals surface area contributed by atoms with Crippen LogP contribution in [0.4, 0.5) is 5.69 Å². The van der Waals surface area contributed by atoms with E-state index in [9.17, 15) is 0 Å². The Hall–Kier alpha value is -1.02. The predicted molar refractivity (Wildman–Crippen MR) is 72.4 cm³/mol. The van der Waals surface area contributed by atoms with Gasteiger partial charge in [0.1, 0.15) is 0 Å². The first-order chi connectivity index (χ1) is 8.29. The van der Waals surface area contributed by atoms with E-state index in [2.05, 4.69) is 43.4 Å². The Morgan fingerprint density at radius 1 is 1.35 bits per heavy atom. The molecule has 0 spiro atoms. The van der Waals surface area contributed by atoms with Crippen LogP contribution < -0.4 is 5.32 Å². The molecule has 2 heteroatoms. The Morgan fingerprint density at radius 2 is 2.12 bits per heavy atom. The fourth-order valence-electron chi connectivity index (χ4n) is 2.38. The lowest BCUT2D eigenvalue weighted by molar-refractivity contribution is 0.183. The van der Waals surface area contributed by atoms with E-state index in [0.717, 1.165) is 13.2 Å². The van der Waals surface area contributed by atoms with Crippen molar-refractivity contribution in [3.05, 3.63) is 29.8 Å². The average molecular weight is 233 g/mol. The summed E-state index contributed by atoms with van der Waals surface area (Å²) in [5.74, 6) is 0.658. The zero-order chi connectivity index (χ0) is 12.1. The highest BCUT2D eigenvalue weighted by Gasteiger charge is 2.21. The number of hydrogen-bond donors (Lipinski definition) is 1. The smallest absolute Gasteiger partial charge is 0.0514 e. The van der Waals surface area contributed by atoms with Crippen LogP contribution in [0.1, 0.15) is 32.3 Å². The highest BCUT2D eigenvalue weighted by molar-refractivity contribution is 5.45. The van der Waals surface area contributed by atoms with E-state index < -0.39 is 0 Å². The maximum absolute atomic E-state index is 5.43. The van der Waals surface area contributed by atoms with E-state index in [1.807, 2.05) is 0 Å². The SMILES string of the molecule is CCCc1ccc(NC(C)C2CCOC2)cc1. The molecule has 0 radical (unpaired) electrons. The summed E-state index contributed by atoms with van der Waals surface area (Å²) in [6, 6.07) is 9.33. The molecule has 0 amide bonds. The number of rotatable bonds is 5. The van der Waals surface area contributed by atoms with Gasteiger partial charge in [-0.25, -0.2) is 0 Å². The molecule has 1 heterocycles. The molecule has 0 saturated carbocycles. The molecule has 1 aromatic carbocycles. The van der Waals surface area contributed by atoms with Crippen LogP contribution in [-0.4, -0.2) is 19.3 Å². The van der Waals surface area contributed by atoms with Crippen LogP contribution in [0.25, 0.3) is 0 Å². The minimum Gasteiger partial charge on any atom is -0.382 e. The summed E-state index contributed by atoms with van der Waals surface area (Å²) in [6.07, 6.45) is 3.57. The molecular formula is C15H23NO. The standard InChI is InChI=1S/C15H23NO/c1-3-4-13-5-7-15(8-6-13)16-12(2)14-9-10-17-11-14/h5-8,12,14,16H,3-4,9-11H2,1-2H3. The maximum atomic E-state index is 5.43. The summed E-state index contributed by atoms with van der Waals surface area (Å²) in [5.41, 5.74) is 2.65. The number of nitrogens with one attached hydrogen (secondary N) is 1. The quantitative estimate of drug-likeness (QED) is 0.840. The number of aryl methyl sites for hydroxylation is 1. The van der Waals surface area contributed by atoms with Gasteiger partial charge in [0.25, 0.3) is 0 Å². The third-order valence-electron chi connectivity index (χ3n) is 3.56. The monoisotopic (exact) mass is 233 g/mol. The lowest BCUT2D eigenvalue weighted by atomic mass is 10.0. The topological polar surface area (TPSA) is 21.3 Å². The van der Waals surface area contributed by atoms with Crippen LogP contribution in [0, 0.1) is 5.92 Å². The van der Waals surface area contributed by atoms with E-state index >= 15 is 0 Å². The highest BCUT2D eigenvalue weighted by Crippen LogP contribution is 2.20. The van der Waals surface area contributed by atoms with Gasteiger partial charge in [-0.2, -0.15) is 0 Å². The van der Waals surface area contributed by atoms with Gasteiger partial charge in [-0.1, -0.05) is 25.5 Å². The summed E-state index contributed by atoms with van der Waals surface area (Å²) in [4.78, 5) is 0. The lowest BCUT2D eigenvalue weighted by Gasteiger charge is -2.20. The van der Waals surface area contributed by atoms with Crippen LogP contribution in [-0.2, 0) is 11.2 Å². The first-order valence-electron chi connectivity index (χ1n) is 6.73. The van der Waals surface area contributed by atoms with Crippen molar-refractivity contribution in [2.45, 2.75) is 39.2 Å². The van der Waals surface area contributed by atoms with Gasteiger partial charge in [-0.05, 0) is 37.5 Å². The Morgan fingerprint density at radius 3 is 2.71 bits per heavy atom. The molecular weight excluding hydrogens is 210 g/mol. The van der Waals surface area contributed by atoms with Gasteiger partial charge in [-0.3, -0.25) is 0 Å². The maximum Gasteiger partial charge on any atom is 0.0514 e. The van der Waals surface area contributed by atoms with E-state index in [1.54, 1.807) is 0 Å². The third kappa shape index (κ3) is 3.47. The predicted octanol–water partition coefficient (Wildman–Crippen LogP) is 3.48. The number of benzene rings is 1. The Labute approximate surface area is 104 Å². The molecule has 2 atom stereocenters. The molecule has 0 aromatic heterocycles. The third-order valence-corrected chi connectivity index (χ3v) is 3.56. The Kier molecular flexibility index (Phi) is 4.43. The lowest BCUT2D eigenvalue weighted by Crippen LogP contribution is -2.26. The molecule has 0 bridgehead atoms. The minimum absolute atomic E-state index is 0.495. The van der Waals surface area contributed by atoms with Crippen LogP contribution in [0.2, 0.25) is 0 Å². The van der Waals surface area contributed by atoms with Crippen molar-refractivity contribution in [2.24, 2.45) is 5.92 Å². The van der Waals surface area contributed by atoms with E-state index in [-0.39, 0.29) is 0 Å². The zero-order valence-electron chi connectivity index (χ0n) is 10.9. The normalized spacial score (nSPS) is 21.4. The largest absolute Gasteiger partial charge is 0.382 e. The molecule has 1 saturated heterocycles. The fourth-order valence-corrected chi connectivity index (χ4v) is 2.38. The van der Waals surface area contributed by atoms with Gasteiger partial charge in [-0.15, -0.1) is 0 Å². The highest BCUT2D eigenvalue weighted by atomic mass is 16.5. The van der Waals surface area contributed by atoms with Gasteiger partial charge in [0, 0.05) is 24.3 Å². The molecule has 2 rings (SSSR count). The second-order valence-electron chi connectivity index (χ2n) is 5.00. The molecule has 1 N–H and O–H groups in total. The zero-order valence-corrected chi connectivity index (χ0v) is 10.9. The van der Waals surface area contributed by atoms with Gasteiger partial charge < -0.3 is 10.1 Å². The van der Waals surface area contributed by atoms with Gasteiger partial charge in [0.05, 0.1) is 6.61 Å². The molecule has 17 heavy (non-hydrogen) atoms.